The molecule has 0 saturated heterocycles. The van der Waals surface area contributed by atoms with E-state index in [0.29, 0.717) is 25.5 Å². The Kier molecular flexibility index (Phi) is 5.60. The SMILES string of the molecule is NC(C=O)C(N)CCCC=O. The lowest BCUT2D eigenvalue weighted by Gasteiger charge is -2.12. The first-order valence-corrected chi connectivity index (χ1v) is 3.62. The van der Waals surface area contributed by atoms with Crippen LogP contribution < -0.4 is 11.5 Å². The number of hydrogen-bond acceptors (Lipinski definition) is 4. The zero-order chi connectivity index (χ0) is 8.69. The van der Waals surface area contributed by atoms with Crippen LogP contribution in [0.3, 0.4) is 0 Å². The number of carbonyl (C=O) groups is 2. The second kappa shape index (κ2) is 6.00. The van der Waals surface area contributed by atoms with Crippen LogP contribution in [-0.4, -0.2) is 24.7 Å². The fraction of sp³-hybridized carbons (Fsp3) is 0.714. The van der Waals surface area contributed by atoms with Crippen LogP contribution in [0.25, 0.3) is 0 Å². The van der Waals surface area contributed by atoms with Gasteiger partial charge in [-0.3, -0.25) is 0 Å². The molecule has 0 bridgehead atoms. The van der Waals surface area contributed by atoms with Gasteiger partial charge in [-0.2, -0.15) is 0 Å². The van der Waals surface area contributed by atoms with E-state index in [2.05, 4.69) is 0 Å². The van der Waals surface area contributed by atoms with E-state index >= 15 is 0 Å². The second-order valence-corrected chi connectivity index (χ2v) is 2.47. The molecule has 0 aliphatic rings. The summed E-state index contributed by atoms with van der Waals surface area (Å²) in [6.07, 6.45) is 3.27. The van der Waals surface area contributed by atoms with Crippen LogP contribution >= 0.6 is 0 Å². The highest BCUT2D eigenvalue weighted by Gasteiger charge is 2.10. The smallest absolute Gasteiger partial charge is 0.138 e. The molecule has 0 radical (unpaired) electrons. The Hall–Kier alpha value is -0.740. The third-order valence-corrected chi connectivity index (χ3v) is 1.51. The van der Waals surface area contributed by atoms with Crippen LogP contribution in [0.1, 0.15) is 19.3 Å². The molecule has 4 N–H and O–H groups in total. The summed E-state index contributed by atoms with van der Waals surface area (Å²) in [5.74, 6) is 0. The van der Waals surface area contributed by atoms with Crippen LogP contribution in [0.4, 0.5) is 0 Å². The molecule has 0 fully saturated rings. The normalized spacial score (nSPS) is 15.5. The molecule has 2 unspecified atom stereocenters. The van der Waals surface area contributed by atoms with E-state index in [-0.39, 0.29) is 6.04 Å². The van der Waals surface area contributed by atoms with Crippen LogP contribution in [-0.2, 0) is 9.59 Å². The molecule has 0 aliphatic carbocycles. The van der Waals surface area contributed by atoms with Gasteiger partial charge in [0.15, 0.2) is 0 Å². The molecule has 0 saturated carbocycles. The van der Waals surface area contributed by atoms with Gasteiger partial charge in [0.05, 0.1) is 6.04 Å². The Balaban J connectivity index is 3.42. The van der Waals surface area contributed by atoms with Gasteiger partial charge in [0.2, 0.25) is 0 Å². The van der Waals surface area contributed by atoms with E-state index in [1.165, 1.54) is 0 Å². The highest BCUT2D eigenvalue weighted by Crippen LogP contribution is 1.98. The summed E-state index contributed by atoms with van der Waals surface area (Å²) in [6.45, 7) is 0. The summed E-state index contributed by atoms with van der Waals surface area (Å²) in [5.41, 5.74) is 10.8. The predicted octanol–water partition coefficient (Wildman–Crippen LogP) is -0.791. The molecular formula is C7H14N2O2. The maximum Gasteiger partial charge on any atom is 0.138 e. The van der Waals surface area contributed by atoms with E-state index in [0.717, 1.165) is 6.29 Å². The van der Waals surface area contributed by atoms with Crippen molar-refractivity contribution in [3.63, 3.8) is 0 Å². The Morgan fingerprint density at radius 3 is 2.36 bits per heavy atom. The van der Waals surface area contributed by atoms with E-state index in [1.54, 1.807) is 0 Å². The lowest BCUT2D eigenvalue weighted by Crippen LogP contribution is -2.42. The molecule has 0 aliphatic heterocycles. The van der Waals surface area contributed by atoms with Crippen molar-refractivity contribution >= 4 is 12.6 Å². The van der Waals surface area contributed by atoms with Crippen molar-refractivity contribution in [1.29, 1.82) is 0 Å². The predicted molar refractivity (Wildman–Crippen MR) is 41.9 cm³/mol. The number of hydrogen-bond donors (Lipinski definition) is 2. The van der Waals surface area contributed by atoms with Gasteiger partial charge in [0, 0.05) is 12.5 Å². The first-order chi connectivity index (χ1) is 5.22. The number of aldehydes is 2. The van der Waals surface area contributed by atoms with Crippen LogP contribution in [0, 0.1) is 0 Å². The van der Waals surface area contributed by atoms with Gasteiger partial charge in [-0.1, -0.05) is 0 Å². The van der Waals surface area contributed by atoms with E-state index in [9.17, 15) is 9.59 Å². The number of unbranched alkanes of at least 4 members (excludes halogenated alkanes) is 1. The average molecular weight is 158 g/mol. The van der Waals surface area contributed by atoms with E-state index in [1.807, 2.05) is 0 Å². The maximum atomic E-state index is 10.1. The zero-order valence-electron chi connectivity index (χ0n) is 6.40. The third kappa shape index (κ3) is 4.64. The van der Waals surface area contributed by atoms with Crippen LogP contribution in [0.5, 0.6) is 0 Å². The minimum Gasteiger partial charge on any atom is -0.326 e. The average Bonchev–Trinajstić information content (AvgIpc) is 2.03. The molecule has 0 amide bonds. The summed E-state index contributed by atoms with van der Waals surface area (Å²) in [7, 11) is 0. The zero-order valence-corrected chi connectivity index (χ0v) is 6.40. The summed E-state index contributed by atoms with van der Waals surface area (Å²) < 4.78 is 0. The van der Waals surface area contributed by atoms with Crippen molar-refractivity contribution < 1.29 is 9.59 Å². The summed E-state index contributed by atoms with van der Waals surface area (Å²) in [4.78, 5) is 20.0. The Morgan fingerprint density at radius 2 is 1.91 bits per heavy atom. The van der Waals surface area contributed by atoms with Gasteiger partial charge in [-0.05, 0) is 12.8 Å². The standard InChI is InChI=1S/C7H14N2O2/c8-6(7(9)5-11)3-1-2-4-10/h4-7H,1-3,8-9H2. The first kappa shape index (κ1) is 10.3. The number of nitrogens with two attached hydrogens (primary N) is 2. The van der Waals surface area contributed by atoms with E-state index in [4.69, 9.17) is 11.5 Å². The van der Waals surface area contributed by atoms with Crippen LogP contribution in [0.2, 0.25) is 0 Å². The summed E-state index contributed by atoms with van der Waals surface area (Å²) in [5, 5.41) is 0. The van der Waals surface area contributed by atoms with Crippen molar-refractivity contribution in [3.8, 4) is 0 Å². The highest BCUT2D eigenvalue weighted by molar-refractivity contribution is 5.58. The first-order valence-electron chi connectivity index (χ1n) is 3.62. The van der Waals surface area contributed by atoms with Crippen LogP contribution in [0.15, 0.2) is 0 Å². The molecular weight excluding hydrogens is 144 g/mol. The van der Waals surface area contributed by atoms with E-state index < -0.39 is 6.04 Å². The van der Waals surface area contributed by atoms with Gasteiger partial charge in [0.1, 0.15) is 12.6 Å². The van der Waals surface area contributed by atoms with Crippen molar-refractivity contribution in [2.24, 2.45) is 11.5 Å². The van der Waals surface area contributed by atoms with Gasteiger partial charge >= 0.3 is 0 Å². The Bertz CT molecular complexity index is 128. The Morgan fingerprint density at radius 1 is 1.27 bits per heavy atom. The minimum absolute atomic E-state index is 0.313. The van der Waals surface area contributed by atoms with Crippen molar-refractivity contribution in [2.45, 2.75) is 31.3 Å². The highest BCUT2D eigenvalue weighted by atomic mass is 16.1. The summed E-state index contributed by atoms with van der Waals surface area (Å²) >= 11 is 0. The molecule has 64 valence electrons. The molecule has 0 aromatic heterocycles. The molecule has 0 spiro atoms. The monoisotopic (exact) mass is 158 g/mol. The molecule has 11 heavy (non-hydrogen) atoms. The fourth-order valence-corrected chi connectivity index (χ4v) is 0.730. The molecule has 0 aromatic carbocycles. The van der Waals surface area contributed by atoms with Crippen molar-refractivity contribution in [3.05, 3.63) is 0 Å². The van der Waals surface area contributed by atoms with Gasteiger partial charge < -0.3 is 21.1 Å². The van der Waals surface area contributed by atoms with Gasteiger partial charge in [0.25, 0.3) is 0 Å². The molecule has 0 rings (SSSR count). The van der Waals surface area contributed by atoms with Gasteiger partial charge in [-0.25, -0.2) is 0 Å². The maximum absolute atomic E-state index is 10.1. The fourth-order valence-electron chi connectivity index (χ4n) is 0.730. The third-order valence-electron chi connectivity index (χ3n) is 1.51. The quantitative estimate of drug-likeness (QED) is 0.392. The topological polar surface area (TPSA) is 86.2 Å². The summed E-state index contributed by atoms with van der Waals surface area (Å²) in [6, 6.07) is -0.908. The van der Waals surface area contributed by atoms with Crippen molar-refractivity contribution in [1.82, 2.24) is 0 Å². The second-order valence-electron chi connectivity index (χ2n) is 2.47. The largest absolute Gasteiger partial charge is 0.326 e. The molecule has 2 atom stereocenters. The lowest BCUT2D eigenvalue weighted by atomic mass is 10.1. The Labute approximate surface area is 65.9 Å². The minimum atomic E-state index is -0.596. The number of rotatable bonds is 6. The molecule has 4 nitrogen and oxygen atoms in total. The molecule has 0 aromatic rings. The van der Waals surface area contributed by atoms with Gasteiger partial charge in [-0.15, -0.1) is 0 Å². The molecule has 4 heteroatoms. The number of carbonyl (C=O) groups excluding carboxylic acids is 2. The lowest BCUT2D eigenvalue weighted by molar-refractivity contribution is -0.109. The van der Waals surface area contributed by atoms with Crippen molar-refractivity contribution in [2.75, 3.05) is 0 Å². The molecule has 0 heterocycles.